The Balaban J connectivity index is 1.48. The van der Waals surface area contributed by atoms with Gasteiger partial charge in [-0.15, -0.1) is 0 Å². The maximum absolute atomic E-state index is 12.1. The molecule has 1 fully saturated rings. The van der Waals surface area contributed by atoms with Gasteiger partial charge >= 0.3 is 0 Å². The molecule has 38 heavy (non-hydrogen) atoms. The first-order valence-corrected chi connectivity index (χ1v) is 12.4. The summed E-state index contributed by atoms with van der Waals surface area (Å²) in [5, 5.41) is 12.8. The molecule has 1 atom stereocenters. The number of benzene rings is 2. The van der Waals surface area contributed by atoms with Crippen LogP contribution in [-0.4, -0.2) is 84.8 Å². The number of hydrogen-bond donors (Lipinski definition) is 3. The van der Waals surface area contributed by atoms with Crippen LogP contribution in [0.1, 0.15) is 27.7 Å². The van der Waals surface area contributed by atoms with Gasteiger partial charge < -0.3 is 25.6 Å². The first kappa shape index (κ1) is 25.7. The monoisotopic (exact) mass is 516 g/mol. The second-order valence-corrected chi connectivity index (χ2v) is 9.76. The highest BCUT2D eigenvalue weighted by molar-refractivity contribution is 5.96. The number of rotatable bonds is 9. The summed E-state index contributed by atoms with van der Waals surface area (Å²) in [6.07, 6.45) is 3.62. The molecule has 1 saturated heterocycles. The van der Waals surface area contributed by atoms with E-state index < -0.39 is 5.91 Å². The molecule has 5 rings (SSSR count). The number of ether oxygens (including phenoxy) is 2. The van der Waals surface area contributed by atoms with Gasteiger partial charge in [-0.25, -0.2) is 9.97 Å². The van der Waals surface area contributed by atoms with Gasteiger partial charge in [0.25, 0.3) is 5.91 Å². The molecule has 1 aliphatic carbocycles. The molecule has 2 heterocycles. The Hall–Kier alpha value is -3.99. The number of nitrogens with two attached hydrogens (primary N) is 1. The fourth-order valence-corrected chi connectivity index (χ4v) is 4.95. The lowest BCUT2D eigenvalue weighted by atomic mass is 9.98. The Morgan fingerprint density at radius 2 is 1.92 bits per heavy atom. The zero-order valence-electron chi connectivity index (χ0n) is 21.9. The molecule has 0 spiro atoms. The standard InChI is InChI=1S/C28H32N6O4/c1-33(2)23-10-17(13-34-14-19(35)15-34)20-7-5-16(9-21(20)23)22-12-30-26(27(29)36)28(32-22)31-18-6-8-24(37-3)25(11-18)38-4/h5-12,19,23,35H,13-15H2,1-4H3,(H2,29,36)(H,31,32). The molecule has 4 N–H and O–H groups in total. The molecule has 10 nitrogen and oxygen atoms in total. The molecule has 1 aromatic heterocycles. The third-order valence-electron chi connectivity index (χ3n) is 6.91. The fourth-order valence-electron chi connectivity index (χ4n) is 4.95. The second kappa shape index (κ2) is 10.4. The largest absolute Gasteiger partial charge is 0.493 e. The molecular weight excluding hydrogens is 484 g/mol. The molecule has 198 valence electrons. The third kappa shape index (κ3) is 4.93. The van der Waals surface area contributed by atoms with E-state index in [-0.39, 0.29) is 23.7 Å². The Morgan fingerprint density at radius 3 is 2.58 bits per heavy atom. The van der Waals surface area contributed by atoms with Crippen molar-refractivity contribution in [1.82, 2.24) is 19.8 Å². The van der Waals surface area contributed by atoms with E-state index in [2.05, 4.69) is 52.4 Å². The molecule has 2 aromatic carbocycles. The number of aliphatic hydroxyl groups is 1. The SMILES string of the molecule is COc1ccc(Nc2nc(-c3ccc4c(c3)C(N(C)C)C=C4CN3CC(O)C3)cnc2C(N)=O)cc1OC. The minimum Gasteiger partial charge on any atom is -0.493 e. The average Bonchev–Trinajstić information content (AvgIpc) is 3.25. The zero-order chi connectivity index (χ0) is 27.0. The second-order valence-electron chi connectivity index (χ2n) is 9.76. The van der Waals surface area contributed by atoms with E-state index in [1.807, 2.05) is 6.07 Å². The van der Waals surface area contributed by atoms with Crippen molar-refractivity contribution in [3.63, 3.8) is 0 Å². The van der Waals surface area contributed by atoms with Crippen molar-refractivity contribution in [2.24, 2.45) is 5.73 Å². The molecule has 1 unspecified atom stereocenters. The van der Waals surface area contributed by atoms with Crippen LogP contribution in [-0.2, 0) is 0 Å². The number of aromatic nitrogens is 2. The fraction of sp³-hybridized carbons (Fsp3) is 0.321. The van der Waals surface area contributed by atoms with E-state index in [9.17, 15) is 9.90 Å². The third-order valence-corrected chi connectivity index (χ3v) is 6.91. The molecule has 1 amide bonds. The Bertz CT molecular complexity index is 1400. The summed E-state index contributed by atoms with van der Waals surface area (Å²) in [5.74, 6) is 0.687. The molecule has 2 aliphatic rings. The summed E-state index contributed by atoms with van der Waals surface area (Å²) in [6.45, 7) is 2.21. The predicted molar refractivity (Wildman–Crippen MR) is 146 cm³/mol. The van der Waals surface area contributed by atoms with Gasteiger partial charge in [0.05, 0.1) is 38.3 Å². The van der Waals surface area contributed by atoms with Crippen LogP contribution in [0, 0.1) is 0 Å². The van der Waals surface area contributed by atoms with E-state index in [1.165, 1.54) is 16.7 Å². The number of likely N-dealkylation sites (N-methyl/N-ethyl adjacent to an activating group) is 1. The highest BCUT2D eigenvalue weighted by atomic mass is 16.5. The van der Waals surface area contributed by atoms with Crippen molar-refractivity contribution in [2.45, 2.75) is 12.1 Å². The van der Waals surface area contributed by atoms with Crippen LogP contribution in [0.25, 0.3) is 16.8 Å². The van der Waals surface area contributed by atoms with Crippen molar-refractivity contribution >= 4 is 23.0 Å². The maximum atomic E-state index is 12.1. The number of nitrogens with zero attached hydrogens (tertiary/aromatic N) is 4. The van der Waals surface area contributed by atoms with Crippen LogP contribution < -0.4 is 20.5 Å². The molecule has 10 heteroatoms. The van der Waals surface area contributed by atoms with Gasteiger partial charge in [0, 0.05) is 37.0 Å². The summed E-state index contributed by atoms with van der Waals surface area (Å²) in [5.41, 5.74) is 11.4. The Morgan fingerprint density at radius 1 is 1.16 bits per heavy atom. The Labute approximate surface area is 221 Å². The number of β-amino-alcohol motifs (C(OH)–C–C–N with tert-alkyl or cyclic N) is 1. The van der Waals surface area contributed by atoms with Gasteiger partial charge in [0.2, 0.25) is 0 Å². The average molecular weight is 517 g/mol. The lowest BCUT2D eigenvalue weighted by Gasteiger charge is -2.36. The molecule has 3 aromatic rings. The molecule has 0 bridgehead atoms. The summed E-state index contributed by atoms with van der Waals surface area (Å²) < 4.78 is 10.7. The number of anilines is 2. The minimum atomic E-state index is -0.682. The van der Waals surface area contributed by atoms with Crippen LogP contribution in [0.5, 0.6) is 11.5 Å². The van der Waals surface area contributed by atoms with E-state index in [0.717, 1.165) is 12.1 Å². The number of primary amides is 1. The molecule has 0 saturated carbocycles. The highest BCUT2D eigenvalue weighted by Gasteiger charge is 2.30. The topological polar surface area (TPSA) is 126 Å². The van der Waals surface area contributed by atoms with Gasteiger partial charge in [0.1, 0.15) is 0 Å². The first-order chi connectivity index (χ1) is 18.3. The smallest absolute Gasteiger partial charge is 0.271 e. The van der Waals surface area contributed by atoms with Crippen molar-refractivity contribution in [1.29, 1.82) is 0 Å². The van der Waals surface area contributed by atoms with Gasteiger partial charge in [-0.3, -0.25) is 14.6 Å². The summed E-state index contributed by atoms with van der Waals surface area (Å²) in [4.78, 5) is 25.6. The van der Waals surface area contributed by atoms with E-state index >= 15 is 0 Å². The molecular formula is C28H32N6O4. The van der Waals surface area contributed by atoms with E-state index in [4.69, 9.17) is 20.2 Å². The number of aliphatic hydroxyl groups excluding tert-OH is 1. The number of fused-ring (bicyclic) bond motifs is 1. The number of nitrogens with one attached hydrogen (secondary N) is 1. The van der Waals surface area contributed by atoms with Gasteiger partial charge in [-0.2, -0.15) is 0 Å². The van der Waals surface area contributed by atoms with E-state index in [1.54, 1.807) is 38.6 Å². The quantitative estimate of drug-likeness (QED) is 0.393. The minimum absolute atomic E-state index is 0.0385. The van der Waals surface area contributed by atoms with Crippen molar-refractivity contribution < 1.29 is 19.4 Å². The van der Waals surface area contributed by atoms with Crippen LogP contribution in [0.15, 0.2) is 48.7 Å². The van der Waals surface area contributed by atoms with Gasteiger partial charge in [-0.05, 0) is 49.0 Å². The van der Waals surface area contributed by atoms with Crippen molar-refractivity contribution in [2.75, 3.05) is 53.3 Å². The van der Waals surface area contributed by atoms with Crippen molar-refractivity contribution in [3.8, 4) is 22.8 Å². The number of carbonyl (C=O) groups excluding carboxylic acids is 1. The van der Waals surface area contributed by atoms with E-state index in [0.29, 0.717) is 36.0 Å². The zero-order valence-corrected chi connectivity index (χ0v) is 21.9. The van der Waals surface area contributed by atoms with Crippen molar-refractivity contribution in [3.05, 3.63) is 65.5 Å². The van der Waals surface area contributed by atoms with Crippen LogP contribution >= 0.6 is 0 Å². The molecule has 1 aliphatic heterocycles. The highest BCUT2D eigenvalue weighted by Crippen LogP contribution is 2.40. The number of hydrogen-bond acceptors (Lipinski definition) is 9. The lowest BCUT2D eigenvalue weighted by molar-refractivity contribution is 0.0112. The number of carbonyl (C=O) groups is 1. The number of amides is 1. The number of methoxy groups -OCH3 is 2. The van der Waals surface area contributed by atoms with Crippen LogP contribution in [0.3, 0.4) is 0 Å². The number of likely N-dealkylation sites (tertiary alicyclic amines) is 1. The Kier molecular flexibility index (Phi) is 7.02. The summed E-state index contributed by atoms with van der Waals surface area (Å²) in [7, 11) is 7.23. The normalized spacial score (nSPS) is 17.1. The molecule has 0 radical (unpaired) electrons. The lowest BCUT2D eigenvalue weighted by Crippen LogP contribution is -2.50. The maximum Gasteiger partial charge on any atom is 0.271 e. The predicted octanol–water partition coefficient (Wildman–Crippen LogP) is 2.68. The van der Waals surface area contributed by atoms with Gasteiger partial charge in [0.15, 0.2) is 23.0 Å². The first-order valence-electron chi connectivity index (χ1n) is 12.4. The summed E-state index contributed by atoms with van der Waals surface area (Å²) >= 11 is 0. The van der Waals surface area contributed by atoms with Crippen LogP contribution in [0.2, 0.25) is 0 Å². The van der Waals surface area contributed by atoms with Gasteiger partial charge in [-0.1, -0.05) is 18.2 Å². The van der Waals surface area contributed by atoms with Crippen LogP contribution in [0.4, 0.5) is 11.5 Å². The summed E-state index contributed by atoms with van der Waals surface area (Å²) in [6, 6.07) is 11.7.